The van der Waals surface area contributed by atoms with Crippen molar-refractivity contribution in [2.75, 3.05) is 19.6 Å². The van der Waals surface area contributed by atoms with Gasteiger partial charge < -0.3 is 15.3 Å². The molecule has 0 spiro atoms. The van der Waals surface area contributed by atoms with Crippen molar-refractivity contribution >= 4 is 23.8 Å². The average molecular weight is 437 g/mol. The van der Waals surface area contributed by atoms with Crippen molar-refractivity contribution in [1.29, 1.82) is 0 Å². The van der Waals surface area contributed by atoms with Crippen LogP contribution in [0.4, 0.5) is 0 Å². The molecule has 1 aromatic rings. The summed E-state index contributed by atoms with van der Waals surface area (Å²) in [6.45, 7) is -1.07. The van der Waals surface area contributed by atoms with Crippen molar-refractivity contribution in [3.63, 3.8) is 0 Å². The number of pyridine rings is 1. The summed E-state index contributed by atoms with van der Waals surface area (Å²) in [5, 5.41) is 27.9. The molecule has 0 unspecified atom stereocenters. The zero-order chi connectivity index (χ0) is 23.0. The van der Waals surface area contributed by atoms with Crippen LogP contribution in [0.5, 0.6) is 0 Å². The Morgan fingerprint density at radius 1 is 0.935 bits per heavy atom. The van der Waals surface area contributed by atoms with Gasteiger partial charge in [-0.05, 0) is 25.0 Å². The molecule has 2 atom stereocenters. The van der Waals surface area contributed by atoms with E-state index < -0.39 is 42.9 Å². The van der Waals surface area contributed by atoms with E-state index in [0.29, 0.717) is 18.5 Å². The maximum absolute atomic E-state index is 11.6. The summed E-state index contributed by atoms with van der Waals surface area (Å²) in [5.41, 5.74) is 2.77. The van der Waals surface area contributed by atoms with E-state index >= 15 is 0 Å². The molecule has 6 N–H and O–H groups in total. The number of hydrogen-bond donors (Lipinski definition) is 5. The number of carbonyl (C=O) groups excluding carboxylic acids is 1. The first kappa shape index (κ1) is 24.2. The number of aliphatic carboxylic acids is 3. The van der Waals surface area contributed by atoms with Gasteiger partial charge in [-0.25, -0.2) is 5.84 Å². The highest BCUT2D eigenvalue weighted by Gasteiger charge is 2.36. The van der Waals surface area contributed by atoms with Crippen molar-refractivity contribution in [1.82, 2.24) is 20.2 Å². The maximum atomic E-state index is 11.6. The topological polar surface area (TPSA) is 186 Å². The van der Waals surface area contributed by atoms with Crippen molar-refractivity contribution in [3.05, 3.63) is 29.6 Å². The number of nitrogens with two attached hydrogens (primary N) is 1. The molecule has 0 aromatic carbocycles. The Morgan fingerprint density at radius 2 is 1.45 bits per heavy atom. The van der Waals surface area contributed by atoms with Crippen LogP contribution in [0.3, 0.4) is 0 Å². The molecule has 12 heteroatoms. The van der Waals surface area contributed by atoms with E-state index in [2.05, 4.69) is 4.98 Å². The molecule has 1 saturated carbocycles. The van der Waals surface area contributed by atoms with Gasteiger partial charge in [-0.1, -0.05) is 12.8 Å². The molecule has 12 nitrogen and oxygen atoms in total. The number of nitrogens with one attached hydrogen (secondary N) is 1. The van der Waals surface area contributed by atoms with Crippen LogP contribution in [-0.4, -0.2) is 85.6 Å². The van der Waals surface area contributed by atoms with Gasteiger partial charge in [-0.15, -0.1) is 0 Å². The Labute approximate surface area is 178 Å². The number of aromatic nitrogens is 1. The van der Waals surface area contributed by atoms with Crippen LogP contribution in [0.1, 0.15) is 41.7 Å². The summed E-state index contributed by atoms with van der Waals surface area (Å²) in [7, 11) is 0. The van der Waals surface area contributed by atoms with Crippen LogP contribution in [0.25, 0.3) is 0 Å². The van der Waals surface area contributed by atoms with Gasteiger partial charge in [0, 0.05) is 24.8 Å². The van der Waals surface area contributed by atoms with Crippen molar-refractivity contribution in [3.8, 4) is 0 Å². The molecule has 0 bridgehead atoms. The van der Waals surface area contributed by atoms with Crippen LogP contribution in [0, 0.1) is 0 Å². The van der Waals surface area contributed by atoms with Crippen LogP contribution < -0.4 is 11.3 Å². The van der Waals surface area contributed by atoms with Crippen molar-refractivity contribution < 1.29 is 34.5 Å². The predicted octanol–water partition coefficient (Wildman–Crippen LogP) is -0.646. The molecule has 1 aromatic heterocycles. The highest BCUT2D eigenvalue weighted by Crippen LogP contribution is 2.28. The molecular formula is C19H27N5O7. The Hall–Kier alpha value is -3.09. The van der Waals surface area contributed by atoms with Crippen LogP contribution in [-0.2, 0) is 20.9 Å². The number of carboxylic acid groups (broad SMARTS) is 3. The summed E-state index contributed by atoms with van der Waals surface area (Å²) in [5.74, 6) is 1.23. The lowest BCUT2D eigenvalue weighted by atomic mass is 9.87. The standard InChI is InChI=1S/C19H27N5O7/c20-22-19(31)12-5-6-13(21-7-12)8-23(9-16(25)26)14-3-1-2-4-15(14)24(10-17(27)28)11-18(29)30/h5-7,14-15H,1-4,8-11,20H2,(H,22,31)(H,25,26)(H,27,28)(H,29,30)/t14-,15-/m0/s1. The Bertz CT molecular complexity index is 785. The predicted molar refractivity (Wildman–Crippen MR) is 107 cm³/mol. The van der Waals surface area contributed by atoms with E-state index in [-0.39, 0.29) is 24.7 Å². The molecular weight excluding hydrogens is 410 g/mol. The highest BCUT2D eigenvalue weighted by molar-refractivity contribution is 5.93. The minimum absolute atomic E-state index is 0.145. The van der Waals surface area contributed by atoms with Gasteiger partial charge in [0.25, 0.3) is 5.91 Å². The van der Waals surface area contributed by atoms with Gasteiger partial charge in [0.2, 0.25) is 0 Å². The molecule has 1 aliphatic rings. The Kier molecular flexibility index (Phi) is 8.85. The molecule has 31 heavy (non-hydrogen) atoms. The van der Waals surface area contributed by atoms with E-state index in [9.17, 15) is 34.5 Å². The quantitative estimate of drug-likeness (QED) is 0.168. The zero-order valence-corrected chi connectivity index (χ0v) is 16.9. The van der Waals surface area contributed by atoms with Gasteiger partial charge in [0.1, 0.15) is 0 Å². The van der Waals surface area contributed by atoms with E-state index in [1.807, 2.05) is 5.43 Å². The number of hydrazine groups is 1. The van der Waals surface area contributed by atoms with E-state index in [1.165, 1.54) is 17.2 Å². The third-order valence-electron chi connectivity index (χ3n) is 5.23. The minimum Gasteiger partial charge on any atom is -0.480 e. The normalized spacial score (nSPS) is 18.7. The fourth-order valence-electron chi connectivity index (χ4n) is 3.99. The largest absolute Gasteiger partial charge is 0.480 e. The lowest BCUT2D eigenvalue weighted by Gasteiger charge is -2.43. The summed E-state index contributed by atoms with van der Waals surface area (Å²) in [6, 6.07) is 2.31. The lowest BCUT2D eigenvalue weighted by molar-refractivity contribution is -0.146. The van der Waals surface area contributed by atoms with E-state index in [1.54, 1.807) is 11.0 Å². The molecule has 1 fully saturated rings. The summed E-state index contributed by atoms with van der Waals surface area (Å²) in [4.78, 5) is 52.9. The van der Waals surface area contributed by atoms with Crippen molar-refractivity contribution in [2.24, 2.45) is 5.84 Å². The highest BCUT2D eigenvalue weighted by atomic mass is 16.4. The number of carboxylic acids is 3. The average Bonchev–Trinajstić information content (AvgIpc) is 2.72. The smallest absolute Gasteiger partial charge is 0.317 e. The maximum Gasteiger partial charge on any atom is 0.317 e. The van der Waals surface area contributed by atoms with E-state index in [4.69, 9.17) is 5.84 Å². The number of amides is 1. The van der Waals surface area contributed by atoms with Gasteiger partial charge in [-0.2, -0.15) is 0 Å². The second-order valence-corrected chi connectivity index (χ2v) is 7.42. The monoisotopic (exact) mass is 437 g/mol. The van der Waals surface area contributed by atoms with Crippen molar-refractivity contribution in [2.45, 2.75) is 44.3 Å². The second kappa shape index (κ2) is 11.3. The third-order valence-corrected chi connectivity index (χ3v) is 5.23. The summed E-state index contributed by atoms with van der Waals surface area (Å²) >= 11 is 0. The van der Waals surface area contributed by atoms with Crippen LogP contribution in [0.2, 0.25) is 0 Å². The molecule has 0 aliphatic heterocycles. The molecule has 170 valence electrons. The van der Waals surface area contributed by atoms with Gasteiger partial charge >= 0.3 is 17.9 Å². The second-order valence-electron chi connectivity index (χ2n) is 7.42. The Balaban J connectivity index is 2.27. The number of rotatable bonds is 11. The van der Waals surface area contributed by atoms with E-state index in [0.717, 1.165) is 12.8 Å². The Morgan fingerprint density at radius 3 is 1.90 bits per heavy atom. The minimum atomic E-state index is -1.15. The third kappa shape index (κ3) is 7.27. The molecule has 0 radical (unpaired) electrons. The fourth-order valence-corrected chi connectivity index (χ4v) is 3.99. The molecule has 1 amide bonds. The number of hydrogen-bond acceptors (Lipinski definition) is 8. The zero-order valence-electron chi connectivity index (χ0n) is 16.9. The first-order valence-electron chi connectivity index (χ1n) is 9.80. The molecule has 0 saturated heterocycles. The number of nitrogen functional groups attached to an aromatic ring is 1. The molecule has 1 aliphatic carbocycles. The number of carbonyl (C=O) groups is 4. The first-order chi connectivity index (χ1) is 14.7. The van der Waals surface area contributed by atoms with Gasteiger partial charge in [0.05, 0.1) is 30.9 Å². The number of nitrogens with zero attached hydrogens (tertiary/aromatic N) is 3. The van der Waals surface area contributed by atoms with Crippen LogP contribution >= 0.6 is 0 Å². The fraction of sp³-hybridized carbons (Fsp3) is 0.526. The molecule has 1 heterocycles. The lowest BCUT2D eigenvalue weighted by Crippen LogP contribution is -2.56. The molecule has 2 rings (SSSR count). The summed E-state index contributed by atoms with van der Waals surface area (Å²) in [6.07, 6.45) is 4.09. The van der Waals surface area contributed by atoms with Gasteiger partial charge in [0.15, 0.2) is 0 Å². The summed E-state index contributed by atoms with van der Waals surface area (Å²) < 4.78 is 0. The first-order valence-corrected chi connectivity index (χ1v) is 9.80. The SMILES string of the molecule is NNC(=O)c1ccc(CN(CC(=O)O)[C@H]2CCCC[C@@H]2N(CC(=O)O)CC(=O)O)nc1. The van der Waals surface area contributed by atoms with Crippen LogP contribution in [0.15, 0.2) is 18.3 Å². The van der Waals surface area contributed by atoms with Gasteiger partial charge in [-0.3, -0.25) is 39.4 Å².